The monoisotopic (exact) mass is 209 g/mol. The molecule has 0 bridgehead atoms. The summed E-state index contributed by atoms with van der Waals surface area (Å²) in [6, 6.07) is 0.00954. The summed E-state index contributed by atoms with van der Waals surface area (Å²) in [7, 11) is 0. The van der Waals surface area contributed by atoms with Crippen molar-refractivity contribution in [1.29, 1.82) is 0 Å². The van der Waals surface area contributed by atoms with Gasteiger partial charge >= 0.3 is 6.03 Å². The van der Waals surface area contributed by atoms with Gasteiger partial charge in [-0.25, -0.2) is 9.78 Å². The van der Waals surface area contributed by atoms with Crippen LogP contribution in [0.2, 0.25) is 0 Å². The Kier molecular flexibility index (Phi) is 4.34. The van der Waals surface area contributed by atoms with E-state index in [4.69, 9.17) is 0 Å². The van der Waals surface area contributed by atoms with Crippen molar-refractivity contribution < 1.29 is 4.79 Å². The fourth-order valence-corrected chi connectivity index (χ4v) is 1.38. The first-order valence-electron chi connectivity index (χ1n) is 5.46. The molecule has 0 fully saturated rings. The van der Waals surface area contributed by atoms with E-state index in [-0.39, 0.29) is 6.03 Å². The molecular formula is C11H19N3O. The predicted octanol–water partition coefficient (Wildman–Crippen LogP) is 2.22. The molecule has 1 unspecified atom stereocenters. The Bertz CT molecular complexity index is 295. The lowest BCUT2D eigenvalue weighted by Crippen LogP contribution is -2.37. The molecule has 0 aliphatic carbocycles. The van der Waals surface area contributed by atoms with Gasteiger partial charge in [-0.3, -0.25) is 4.57 Å². The molecule has 0 spiro atoms. The average molecular weight is 209 g/mol. The van der Waals surface area contributed by atoms with Crippen LogP contribution in [0.25, 0.3) is 0 Å². The van der Waals surface area contributed by atoms with E-state index < -0.39 is 0 Å². The lowest BCUT2D eigenvalue weighted by Gasteiger charge is -2.23. The smallest absolute Gasteiger partial charge is 0.324 e. The van der Waals surface area contributed by atoms with Crippen LogP contribution in [0.4, 0.5) is 4.79 Å². The van der Waals surface area contributed by atoms with Crippen molar-refractivity contribution in [3.05, 3.63) is 18.7 Å². The summed E-state index contributed by atoms with van der Waals surface area (Å²) in [4.78, 5) is 17.7. The molecule has 1 atom stereocenters. The average Bonchev–Trinajstić information content (AvgIpc) is 2.77. The van der Waals surface area contributed by atoms with Gasteiger partial charge in [-0.05, 0) is 12.8 Å². The van der Waals surface area contributed by atoms with E-state index in [9.17, 15) is 4.79 Å². The number of rotatable bonds is 4. The van der Waals surface area contributed by atoms with Gasteiger partial charge in [0.05, 0.1) is 0 Å². The molecule has 0 aromatic carbocycles. The Labute approximate surface area is 90.9 Å². The summed E-state index contributed by atoms with van der Waals surface area (Å²) in [6.45, 7) is 7.84. The Morgan fingerprint density at radius 3 is 2.73 bits per heavy atom. The minimum Gasteiger partial charge on any atom is -0.324 e. The molecule has 0 saturated heterocycles. The Morgan fingerprint density at radius 1 is 1.53 bits per heavy atom. The van der Waals surface area contributed by atoms with Gasteiger partial charge in [0, 0.05) is 25.5 Å². The van der Waals surface area contributed by atoms with Gasteiger partial charge in [0.15, 0.2) is 0 Å². The highest BCUT2D eigenvalue weighted by Gasteiger charge is 2.15. The molecule has 1 heterocycles. The van der Waals surface area contributed by atoms with Crippen LogP contribution >= 0.6 is 0 Å². The van der Waals surface area contributed by atoms with Crippen LogP contribution in [-0.2, 0) is 0 Å². The zero-order valence-corrected chi connectivity index (χ0v) is 9.68. The van der Waals surface area contributed by atoms with E-state index in [2.05, 4.69) is 18.8 Å². The highest BCUT2D eigenvalue weighted by atomic mass is 16.2. The molecule has 15 heavy (non-hydrogen) atoms. The summed E-state index contributed by atoms with van der Waals surface area (Å²) in [5, 5.41) is 0. The number of carbonyl (C=O) groups excluding carboxylic acids is 1. The Hall–Kier alpha value is -1.32. The van der Waals surface area contributed by atoms with Crippen LogP contribution in [0, 0.1) is 5.92 Å². The molecule has 1 rings (SSSR count). The van der Waals surface area contributed by atoms with E-state index in [0.29, 0.717) is 5.92 Å². The highest BCUT2D eigenvalue weighted by Crippen LogP contribution is 2.05. The van der Waals surface area contributed by atoms with E-state index in [1.807, 2.05) is 11.8 Å². The number of hydrogen-bond acceptors (Lipinski definition) is 2. The second-order valence-electron chi connectivity index (χ2n) is 3.80. The van der Waals surface area contributed by atoms with Gasteiger partial charge < -0.3 is 4.90 Å². The van der Waals surface area contributed by atoms with Gasteiger partial charge in [-0.2, -0.15) is 0 Å². The molecule has 0 aliphatic heterocycles. The van der Waals surface area contributed by atoms with Gasteiger partial charge in [0.25, 0.3) is 0 Å². The van der Waals surface area contributed by atoms with Crippen LogP contribution in [0.3, 0.4) is 0 Å². The van der Waals surface area contributed by atoms with Crippen LogP contribution < -0.4 is 0 Å². The minimum atomic E-state index is 0.00954. The lowest BCUT2D eigenvalue weighted by molar-refractivity contribution is 0.193. The van der Waals surface area contributed by atoms with Crippen molar-refractivity contribution >= 4 is 6.03 Å². The van der Waals surface area contributed by atoms with Crippen molar-refractivity contribution in [2.45, 2.75) is 27.2 Å². The molecule has 1 aromatic heterocycles. The summed E-state index contributed by atoms with van der Waals surface area (Å²) >= 11 is 0. The molecule has 0 radical (unpaired) electrons. The Morgan fingerprint density at radius 2 is 2.27 bits per heavy atom. The molecule has 4 nitrogen and oxygen atoms in total. The number of hydrogen-bond donors (Lipinski definition) is 0. The number of carbonyl (C=O) groups is 1. The zero-order chi connectivity index (χ0) is 11.3. The van der Waals surface area contributed by atoms with Gasteiger partial charge in [0.2, 0.25) is 0 Å². The summed E-state index contributed by atoms with van der Waals surface area (Å²) in [6.07, 6.45) is 5.94. The van der Waals surface area contributed by atoms with Crippen LogP contribution in [0.1, 0.15) is 27.2 Å². The van der Waals surface area contributed by atoms with Crippen molar-refractivity contribution in [3.8, 4) is 0 Å². The van der Waals surface area contributed by atoms with E-state index in [0.717, 1.165) is 19.5 Å². The molecule has 4 heteroatoms. The highest BCUT2D eigenvalue weighted by molar-refractivity contribution is 5.76. The quantitative estimate of drug-likeness (QED) is 0.762. The second-order valence-corrected chi connectivity index (χ2v) is 3.80. The van der Waals surface area contributed by atoms with Crippen LogP contribution in [-0.4, -0.2) is 33.6 Å². The number of imidazole rings is 1. The maximum Gasteiger partial charge on any atom is 0.329 e. The number of amides is 1. The largest absolute Gasteiger partial charge is 0.329 e. The summed E-state index contributed by atoms with van der Waals surface area (Å²) in [5.74, 6) is 0.539. The summed E-state index contributed by atoms with van der Waals surface area (Å²) < 4.78 is 1.52. The van der Waals surface area contributed by atoms with Crippen molar-refractivity contribution in [3.63, 3.8) is 0 Å². The first-order chi connectivity index (χ1) is 7.19. The Balaban J connectivity index is 2.63. The molecule has 84 valence electrons. The van der Waals surface area contributed by atoms with Crippen molar-refractivity contribution in [2.24, 2.45) is 5.92 Å². The van der Waals surface area contributed by atoms with E-state index in [1.165, 1.54) is 4.57 Å². The number of aromatic nitrogens is 2. The lowest BCUT2D eigenvalue weighted by atomic mass is 10.1. The fraction of sp³-hybridized carbons (Fsp3) is 0.636. The third-order valence-corrected chi connectivity index (χ3v) is 2.61. The van der Waals surface area contributed by atoms with Crippen LogP contribution in [0.5, 0.6) is 0 Å². The van der Waals surface area contributed by atoms with Crippen molar-refractivity contribution in [1.82, 2.24) is 14.5 Å². The van der Waals surface area contributed by atoms with Gasteiger partial charge in [-0.1, -0.05) is 20.3 Å². The first kappa shape index (κ1) is 11.8. The molecule has 0 aliphatic rings. The normalized spacial score (nSPS) is 12.5. The van der Waals surface area contributed by atoms with E-state index in [1.54, 1.807) is 18.7 Å². The molecule has 0 saturated carbocycles. The second kappa shape index (κ2) is 5.53. The molecule has 0 N–H and O–H groups in total. The van der Waals surface area contributed by atoms with Gasteiger partial charge in [-0.15, -0.1) is 0 Å². The maximum absolute atomic E-state index is 11.9. The maximum atomic E-state index is 11.9. The third-order valence-electron chi connectivity index (χ3n) is 2.61. The minimum absolute atomic E-state index is 0.00954. The summed E-state index contributed by atoms with van der Waals surface area (Å²) in [5.41, 5.74) is 0. The number of nitrogens with zero attached hydrogens (tertiary/aromatic N) is 3. The first-order valence-corrected chi connectivity index (χ1v) is 5.46. The fourth-order valence-electron chi connectivity index (χ4n) is 1.38. The van der Waals surface area contributed by atoms with Crippen molar-refractivity contribution in [2.75, 3.05) is 13.1 Å². The van der Waals surface area contributed by atoms with E-state index >= 15 is 0 Å². The van der Waals surface area contributed by atoms with Gasteiger partial charge in [0.1, 0.15) is 6.33 Å². The topological polar surface area (TPSA) is 38.1 Å². The molecular weight excluding hydrogens is 190 g/mol. The standard InChI is InChI=1S/C11H19N3O/c1-4-10(3)8-13(5-2)11(15)14-7-6-12-9-14/h6-7,9-10H,4-5,8H2,1-3H3. The SMILES string of the molecule is CCC(C)CN(CC)C(=O)n1ccnc1. The van der Waals surface area contributed by atoms with Crippen LogP contribution in [0.15, 0.2) is 18.7 Å². The predicted molar refractivity (Wildman–Crippen MR) is 59.7 cm³/mol. The zero-order valence-electron chi connectivity index (χ0n) is 9.68. The third kappa shape index (κ3) is 3.08. The molecule has 1 amide bonds. The molecule has 1 aromatic rings.